The number of carboxylic acids is 1. The summed E-state index contributed by atoms with van der Waals surface area (Å²) >= 11 is 0. The average molecular weight is 527 g/mol. The molecule has 0 bridgehead atoms. The zero-order valence-corrected chi connectivity index (χ0v) is 25.5. The van der Waals surface area contributed by atoms with Gasteiger partial charge in [0.25, 0.3) is 0 Å². The van der Waals surface area contributed by atoms with Crippen LogP contribution in [0.4, 0.5) is 0 Å². The zero-order chi connectivity index (χ0) is 27.9. The number of fused-ring (bicyclic) bond motifs is 7. The van der Waals surface area contributed by atoms with E-state index in [9.17, 15) is 14.7 Å². The molecule has 5 rings (SSSR count). The van der Waals surface area contributed by atoms with Gasteiger partial charge in [0.2, 0.25) is 0 Å². The molecule has 0 amide bonds. The minimum absolute atomic E-state index is 0.00435. The van der Waals surface area contributed by atoms with Crippen LogP contribution in [0.1, 0.15) is 126 Å². The number of carboxylic acid groups (broad SMARTS) is 1. The fourth-order valence-electron chi connectivity index (χ4n) is 11.5. The Kier molecular flexibility index (Phi) is 6.76. The number of esters is 1. The second kappa shape index (κ2) is 9.10. The predicted molar refractivity (Wildman–Crippen MR) is 151 cm³/mol. The molecule has 214 valence electrons. The van der Waals surface area contributed by atoms with E-state index in [1.165, 1.54) is 18.4 Å². The fraction of sp³-hybridized carbons (Fsp3) is 0.882. The molecule has 0 radical (unpaired) electrons. The molecule has 4 heteroatoms. The van der Waals surface area contributed by atoms with Gasteiger partial charge in [0.15, 0.2) is 0 Å². The van der Waals surface area contributed by atoms with Crippen molar-refractivity contribution in [2.45, 2.75) is 132 Å². The maximum Gasteiger partial charge on any atom is 0.310 e. The lowest BCUT2D eigenvalue weighted by Crippen LogP contribution is -2.65. The SMILES string of the molecule is CCCC(=O)O[C@H]1CC[C@]2(C)[C@H]3CC=C4[C@@H]5[C@@H](C)[C@H](C)CC[C@]5(C(=O)O)CC[C@@]4(C)[C@]3(C)CC[C@H]2C1(C)C. The second-order valence-corrected chi connectivity index (χ2v) is 15.7. The van der Waals surface area contributed by atoms with Gasteiger partial charge in [0.1, 0.15) is 6.10 Å². The lowest BCUT2D eigenvalue weighted by molar-refractivity contribution is -0.214. The third-order valence-electron chi connectivity index (χ3n) is 14.1. The summed E-state index contributed by atoms with van der Waals surface area (Å²) in [6.45, 7) is 19.1. The van der Waals surface area contributed by atoms with Crippen molar-refractivity contribution in [2.24, 2.45) is 56.7 Å². The lowest BCUT2D eigenvalue weighted by Gasteiger charge is -2.71. The number of carbonyl (C=O) groups is 2. The highest BCUT2D eigenvalue weighted by Gasteiger charge is 2.69. The van der Waals surface area contributed by atoms with E-state index in [2.05, 4.69) is 54.5 Å². The molecule has 0 saturated heterocycles. The number of hydrogen-bond donors (Lipinski definition) is 1. The van der Waals surface area contributed by atoms with Crippen molar-refractivity contribution in [3.05, 3.63) is 11.6 Å². The Morgan fingerprint density at radius 2 is 1.66 bits per heavy atom. The van der Waals surface area contributed by atoms with Crippen molar-refractivity contribution in [3.63, 3.8) is 0 Å². The number of aliphatic carboxylic acids is 1. The normalized spacial score (nSPS) is 49.4. The van der Waals surface area contributed by atoms with Crippen LogP contribution in [0, 0.1) is 56.7 Å². The van der Waals surface area contributed by atoms with Crippen molar-refractivity contribution in [1.29, 1.82) is 0 Å². The first kappa shape index (κ1) is 28.2. The molecule has 0 aliphatic heterocycles. The average Bonchev–Trinajstić information content (AvgIpc) is 2.83. The molecule has 4 saturated carbocycles. The lowest BCUT2D eigenvalue weighted by atomic mass is 9.33. The second-order valence-electron chi connectivity index (χ2n) is 15.7. The molecule has 5 aliphatic rings. The van der Waals surface area contributed by atoms with E-state index in [0.717, 1.165) is 51.4 Å². The molecule has 4 fully saturated rings. The van der Waals surface area contributed by atoms with Crippen LogP contribution in [0.2, 0.25) is 0 Å². The van der Waals surface area contributed by atoms with E-state index in [4.69, 9.17) is 4.74 Å². The Morgan fingerprint density at radius 1 is 0.947 bits per heavy atom. The smallest absolute Gasteiger partial charge is 0.310 e. The van der Waals surface area contributed by atoms with E-state index in [1.807, 2.05) is 6.92 Å². The van der Waals surface area contributed by atoms with Crippen molar-refractivity contribution in [1.82, 2.24) is 0 Å². The van der Waals surface area contributed by atoms with Crippen LogP contribution in [0.25, 0.3) is 0 Å². The summed E-state index contributed by atoms with van der Waals surface area (Å²) < 4.78 is 6.12. The van der Waals surface area contributed by atoms with Gasteiger partial charge in [0.05, 0.1) is 5.41 Å². The highest BCUT2D eigenvalue weighted by atomic mass is 16.5. The Morgan fingerprint density at radius 3 is 2.32 bits per heavy atom. The molecule has 0 aromatic heterocycles. The summed E-state index contributed by atoms with van der Waals surface area (Å²) in [5, 5.41) is 10.6. The number of hydrogen-bond acceptors (Lipinski definition) is 3. The number of ether oxygens (including phenoxy) is 1. The van der Waals surface area contributed by atoms with Gasteiger partial charge < -0.3 is 9.84 Å². The first-order valence-corrected chi connectivity index (χ1v) is 15.8. The minimum atomic E-state index is -0.579. The highest BCUT2D eigenvalue weighted by molar-refractivity contribution is 5.76. The third kappa shape index (κ3) is 3.59. The van der Waals surface area contributed by atoms with Crippen molar-refractivity contribution < 1.29 is 19.4 Å². The molecule has 38 heavy (non-hydrogen) atoms. The van der Waals surface area contributed by atoms with E-state index < -0.39 is 11.4 Å². The molecule has 10 atom stereocenters. The maximum absolute atomic E-state index is 12.9. The molecule has 0 spiro atoms. The van der Waals surface area contributed by atoms with Gasteiger partial charge in [-0.1, -0.05) is 67.0 Å². The molecule has 0 aromatic rings. The molecule has 4 nitrogen and oxygen atoms in total. The molecular weight excluding hydrogens is 472 g/mol. The van der Waals surface area contributed by atoms with Crippen LogP contribution in [0.15, 0.2) is 11.6 Å². The van der Waals surface area contributed by atoms with E-state index >= 15 is 0 Å². The molecule has 0 aromatic carbocycles. The topological polar surface area (TPSA) is 63.6 Å². The van der Waals surface area contributed by atoms with Gasteiger partial charge >= 0.3 is 11.9 Å². The van der Waals surface area contributed by atoms with Crippen LogP contribution >= 0.6 is 0 Å². The van der Waals surface area contributed by atoms with E-state index in [-0.39, 0.29) is 39.7 Å². The monoisotopic (exact) mass is 526 g/mol. The quantitative estimate of drug-likeness (QED) is 0.295. The van der Waals surface area contributed by atoms with Crippen LogP contribution in [0.3, 0.4) is 0 Å². The van der Waals surface area contributed by atoms with Gasteiger partial charge in [-0.05, 0) is 110 Å². The first-order chi connectivity index (χ1) is 17.7. The van der Waals surface area contributed by atoms with Crippen molar-refractivity contribution in [3.8, 4) is 0 Å². The number of rotatable bonds is 4. The molecule has 1 N–H and O–H groups in total. The summed E-state index contributed by atoms with van der Waals surface area (Å²) in [6.07, 6.45) is 13.1. The molecule has 0 heterocycles. The third-order valence-corrected chi connectivity index (χ3v) is 14.1. The van der Waals surface area contributed by atoms with Gasteiger partial charge in [0, 0.05) is 11.8 Å². The van der Waals surface area contributed by atoms with Crippen molar-refractivity contribution in [2.75, 3.05) is 0 Å². The molecule has 5 aliphatic carbocycles. The summed E-state index contributed by atoms with van der Waals surface area (Å²) in [5.41, 5.74) is 1.29. The van der Waals surface area contributed by atoms with Gasteiger partial charge in [-0.15, -0.1) is 0 Å². The Bertz CT molecular complexity index is 1010. The number of allylic oxidation sites excluding steroid dienone is 2. The van der Waals surface area contributed by atoms with Gasteiger partial charge in [-0.2, -0.15) is 0 Å². The fourth-order valence-corrected chi connectivity index (χ4v) is 11.5. The Labute approximate surface area is 231 Å². The summed E-state index contributed by atoms with van der Waals surface area (Å²) in [4.78, 5) is 25.4. The van der Waals surface area contributed by atoms with E-state index in [1.54, 1.807) is 0 Å². The number of carbonyl (C=O) groups excluding carboxylic acids is 1. The van der Waals surface area contributed by atoms with E-state index in [0.29, 0.717) is 30.1 Å². The maximum atomic E-state index is 12.9. The highest BCUT2D eigenvalue weighted by Crippen LogP contribution is 2.75. The van der Waals surface area contributed by atoms with Crippen LogP contribution < -0.4 is 0 Å². The van der Waals surface area contributed by atoms with Crippen LogP contribution in [0.5, 0.6) is 0 Å². The van der Waals surface area contributed by atoms with Gasteiger partial charge in [-0.3, -0.25) is 9.59 Å². The van der Waals surface area contributed by atoms with Crippen LogP contribution in [-0.4, -0.2) is 23.1 Å². The Balaban J connectivity index is 1.52. The van der Waals surface area contributed by atoms with Crippen molar-refractivity contribution >= 4 is 11.9 Å². The molecular formula is C34H54O4. The van der Waals surface area contributed by atoms with Gasteiger partial charge in [-0.25, -0.2) is 0 Å². The Hall–Kier alpha value is -1.32. The summed E-state index contributed by atoms with van der Waals surface area (Å²) in [6, 6.07) is 0. The predicted octanol–water partition coefficient (Wildman–Crippen LogP) is 8.44. The standard InChI is InChI=1S/C34H54O4/c1-9-10-27(35)38-26-15-16-31(6)24(30(26,4)5)14-17-33(8)25(31)12-11-23-28-22(3)21(2)13-18-34(28,29(36)37)20-19-32(23,33)7/h11,21-22,24-26,28H,9-10,12-20H2,1-8H3,(H,36,37)/t21-,22+,24+,25-,26+,28+,31+,32-,33-,34+/m1/s1. The summed E-state index contributed by atoms with van der Waals surface area (Å²) in [7, 11) is 0. The minimum Gasteiger partial charge on any atom is -0.481 e. The van der Waals surface area contributed by atoms with Crippen LogP contribution in [-0.2, 0) is 14.3 Å². The largest absolute Gasteiger partial charge is 0.481 e. The first-order valence-electron chi connectivity index (χ1n) is 15.8. The summed E-state index contributed by atoms with van der Waals surface area (Å²) in [5.74, 6) is 1.65. The zero-order valence-electron chi connectivity index (χ0n) is 25.5. The molecule has 0 unspecified atom stereocenters.